The van der Waals surface area contributed by atoms with Crippen molar-refractivity contribution in [1.82, 2.24) is 9.62 Å². The largest absolute Gasteiger partial charge is 0.350 e. The molecule has 0 aliphatic carbocycles. The minimum absolute atomic E-state index is 0.0582. The fraction of sp³-hybridized carbons (Fsp3) is 0.364. The fourth-order valence-electron chi connectivity index (χ4n) is 3.44. The summed E-state index contributed by atoms with van der Waals surface area (Å²) in [7, 11) is -4.07. The number of carbonyl (C=O) groups excluding carboxylic acids is 2. The molecule has 1 heterocycles. The Balaban J connectivity index is 1.91. The maximum absolute atomic E-state index is 14.4. The van der Waals surface area contributed by atoms with Gasteiger partial charge in [-0.15, -0.1) is 0 Å². The number of piperidine rings is 1. The van der Waals surface area contributed by atoms with E-state index in [2.05, 4.69) is 10.6 Å². The van der Waals surface area contributed by atoms with Gasteiger partial charge in [0.1, 0.15) is 10.7 Å². The van der Waals surface area contributed by atoms with Crippen LogP contribution in [0, 0.1) is 5.82 Å². The van der Waals surface area contributed by atoms with Gasteiger partial charge in [-0.05, 0) is 63.1 Å². The number of halogens is 2. The summed E-state index contributed by atoms with van der Waals surface area (Å²) in [4.78, 5) is 24.8. The van der Waals surface area contributed by atoms with Crippen LogP contribution in [0.25, 0.3) is 0 Å². The van der Waals surface area contributed by atoms with Crippen LogP contribution in [0.4, 0.5) is 10.1 Å². The molecule has 1 aliphatic heterocycles. The van der Waals surface area contributed by atoms with Crippen LogP contribution in [0.5, 0.6) is 0 Å². The van der Waals surface area contributed by atoms with E-state index in [0.717, 1.165) is 18.6 Å². The second-order valence-electron chi connectivity index (χ2n) is 7.88. The van der Waals surface area contributed by atoms with Gasteiger partial charge in [-0.3, -0.25) is 9.59 Å². The van der Waals surface area contributed by atoms with Gasteiger partial charge in [0.15, 0.2) is 0 Å². The van der Waals surface area contributed by atoms with Gasteiger partial charge in [-0.25, -0.2) is 12.8 Å². The van der Waals surface area contributed by atoms with E-state index in [1.807, 2.05) is 0 Å². The van der Waals surface area contributed by atoms with E-state index in [9.17, 15) is 22.4 Å². The second-order valence-corrected chi connectivity index (χ2v) is 10.2. The van der Waals surface area contributed by atoms with Gasteiger partial charge in [-0.2, -0.15) is 4.31 Å². The first-order chi connectivity index (χ1) is 15.1. The number of rotatable bonds is 6. The Morgan fingerprint density at radius 2 is 1.72 bits per heavy atom. The third kappa shape index (κ3) is 5.46. The number of sulfonamides is 1. The monoisotopic (exact) mass is 481 g/mol. The van der Waals surface area contributed by atoms with E-state index < -0.39 is 32.6 Å². The molecule has 0 bridgehead atoms. The first-order valence-electron chi connectivity index (χ1n) is 10.3. The molecule has 1 aliphatic rings. The van der Waals surface area contributed by atoms with Gasteiger partial charge in [0.05, 0.1) is 11.3 Å². The minimum atomic E-state index is -4.07. The quantitative estimate of drug-likeness (QED) is 0.650. The fourth-order valence-corrected chi connectivity index (χ4v) is 5.22. The highest BCUT2D eigenvalue weighted by Crippen LogP contribution is 2.26. The van der Waals surface area contributed by atoms with Crippen LogP contribution in [0.2, 0.25) is 5.02 Å². The van der Waals surface area contributed by atoms with Crippen molar-refractivity contribution in [1.29, 1.82) is 0 Å². The predicted molar refractivity (Wildman–Crippen MR) is 121 cm³/mol. The molecule has 0 radical (unpaired) electrons. The Kier molecular flexibility index (Phi) is 7.53. The van der Waals surface area contributed by atoms with Crippen LogP contribution in [-0.2, 0) is 10.0 Å². The molecule has 10 heteroatoms. The lowest BCUT2D eigenvalue weighted by Crippen LogP contribution is -2.36. The molecule has 2 aromatic rings. The summed E-state index contributed by atoms with van der Waals surface area (Å²) in [5.41, 5.74) is 0.294. The summed E-state index contributed by atoms with van der Waals surface area (Å²) in [6.07, 6.45) is 2.33. The number of amides is 2. The van der Waals surface area contributed by atoms with Crippen molar-refractivity contribution in [3.05, 3.63) is 58.4 Å². The highest BCUT2D eigenvalue weighted by Gasteiger charge is 2.29. The third-order valence-electron chi connectivity index (χ3n) is 5.02. The van der Waals surface area contributed by atoms with Crippen LogP contribution in [-0.4, -0.2) is 43.7 Å². The standard InChI is InChI=1S/C22H25ClFN3O4S/c1-14(2)25-22(29)17-8-7-16(23)13-19(17)26-21(28)15-6-9-18(24)20(12-15)32(30,31)27-10-4-3-5-11-27/h6-9,12-14H,3-5,10-11H2,1-2H3,(H,25,29)(H,26,28). The van der Waals surface area contributed by atoms with Crippen LogP contribution >= 0.6 is 11.6 Å². The number of benzene rings is 2. The average molecular weight is 482 g/mol. The Morgan fingerprint density at radius 1 is 1.03 bits per heavy atom. The van der Waals surface area contributed by atoms with Crippen LogP contribution in [0.1, 0.15) is 53.8 Å². The Bertz CT molecular complexity index is 1130. The molecule has 3 rings (SSSR count). The topological polar surface area (TPSA) is 95.6 Å². The second kappa shape index (κ2) is 9.97. The van der Waals surface area contributed by atoms with Crippen molar-refractivity contribution in [3.63, 3.8) is 0 Å². The van der Waals surface area contributed by atoms with E-state index in [0.29, 0.717) is 31.0 Å². The first-order valence-corrected chi connectivity index (χ1v) is 12.1. The molecule has 2 amide bonds. The van der Waals surface area contributed by atoms with Gasteiger partial charge < -0.3 is 10.6 Å². The number of hydrogen-bond acceptors (Lipinski definition) is 4. The van der Waals surface area contributed by atoms with Gasteiger partial charge in [0.25, 0.3) is 11.8 Å². The summed E-state index contributed by atoms with van der Waals surface area (Å²) in [5, 5.41) is 5.62. The summed E-state index contributed by atoms with van der Waals surface area (Å²) in [6, 6.07) is 7.46. The predicted octanol–water partition coefficient (Wildman–Crippen LogP) is 4.04. The van der Waals surface area contributed by atoms with Crippen LogP contribution < -0.4 is 10.6 Å². The van der Waals surface area contributed by atoms with Crippen molar-refractivity contribution < 1.29 is 22.4 Å². The van der Waals surface area contributed by atoms with Crippen LogP contribution in [0.15, 0.2) is 41.3 Å². The lowest BCUT2D eigenvalue weighted by molar-refractivity contribution is 0.0944. The van der Waals surface area contributed by atoms with Crippen molar-refractivity contribution in [2.45, 2.75) is 44.0 Å². The number of nitrogens with zero attached hydrogens (tertiary/aromatic N) is 1. The summed E-state index contributed by atoms with van der Waals surface area (Å²) in [5.74, 6) is -2.02. The number of hydrogen-bond donors (Lipinski definition) is 2. The molecule has 32 heavy (non-hydrogen) atoms. The summed E-state index contributed by atoms with van der Waals surface area (Å²) in [6.45, 7) is 4.23. The Morgan fingerprint density at radius 3 is 2.38 bits per heavy atom. The van der Waals surface area contributed by atoms with Gasteiger partial charge in [-0.1, -0.05) is 18.0 Å². The smallest absolute Gasteiger partial charge is 0.255 e. The molecule has 172 valence electrons. The van der Waals surface area contributed by atoms with Gasteiger partial charge in [0.2, 0.25) is 10.0 Å². The van der Waals surface area contributed by atoms with Crippen molar-refractivity contribution >= 4 is 39.1 Å². The van der Waals surface area contributed by atoms with E-state index in [1.54, 1.807) is 13.8 Å². The zero-order valence-electron chi connectivity index (χ0n) is 17.8. The zero-order valence-corrected chi connectivity index (χ0v) is 19.4. The summed E-state index contributed by atoms with van der Waals surface area (Å²) >= 11 is 6.03. The van der Waals surface area contributed by atoms with Gasteiger partial charge in [0, 0.05) is 29.7 Å². The first kappa shape index (κ1) is 24.2. The molecule has 0 aromatic heterocycles. The van der Waals surface area contributed by atoms with Crippen molar-refractivity contribution in [3.8, 4) is 0 Å². The molecule has 2 aromatic carbocycles. The highest BCUT2D eigenvalue weighted by atomic mass is 35.5. The number of carbonyl (C=O) groups is 2. The van der Waals surface area contributed by atoms with E-state index in [-0.39, 0.29) is 22.9 Å². The number of anilines is 1. The Labute approximate surface area is 192 Å². The molecule has 0 spiro atoms. The molecule has 2 N–H and O–H groups in total. The average Bonchev–Trinajstić information content (AvgIpc) is 2.74. The van der Waals surface area contributed by atoms with Crippen molar-refractivity contribution in [2.24, 2.45) is 0 Å². The lowest BCUT2D eigenvalue weighted by atomic mass is 10.1. The molecule has 7 nitrogen and oxygen atoms in total. The SMILES string of the molecule is CC(C)NC(=O)c1ccc(Cl)cc1NC(=O)c1ccc(F)c(S(=O)(=O)N2CCCCC2)c1. The molecule has 0 unspecified atom stereocenters. The third-order valence-corrected chi connectivity index (χ3v) is 7.17. The maximum Gasteiger partial charge on any atom is 0.255 e. The highest BCUT2D eigenvalue weighted by molar-refractivity contribution is 7.89. The van der Waals surface area contributed by atoms with E-state index >= 15 is 0 Å². The minimum Gasteiger partial charge on any atom is -0.350 e. The molecule has 1 fully saturated rings. The molecule has 0 atom stereocenters. The lowest BCUT2D eigenvalue weighted by Gasteiger charge is -2.26. The molecule has 0 saturated carbocycles. The van der Waals surface area contributed by atoms with E-state index in [1.165, 1.54) is 28.6 Å². The number of nitrogens with one attached hydrogen (secondary N) is 2. The molecular weight excluding hydrogens is 457 g/mol. The van der Waals surface area contributed by atoms with Gasteiger partial charge >= 0.3 is 0 Å². The van der Waals surface area contributed by atoms with E-state index in [4.69, 9.17) is 11.6 Å². The Hall–Kier alpha value is -2.49. The van der Waals surface area contributed by atoms with Crippen molar-refractivity contribution in [2.75, 3.05) is 18.4 Å². The van der Waals surface area contributed by atoms with Crippen LogP contribution in [0.3, 0.4) is 0 Å². The molecular formula is C22H25ClFN3O4S. The molecule has 1 saturated heterocycles. The normalized spacial score (nSPS) is 14.9. The zero-order chi connectivity index (χ0) is 23.5. The maximum atomic E-state index is 14.4. The summed E-state index contributed by atoms with van der Waals surface area (Å²) < 4.78 is 41.5.